The Morgan fingerprint density at radius 2 is 1.97 bits per heavy atom. The van der Waals surface area contributed by atoms with E-state index >= 15 is 0 Å². The topological polar surface area (TPSA) is 129 Å². The van der Waals surface area contributed by atoms with E-state index in [0.717, 1.165) is 5.56 Å². The minimum absolute atomic E-state index is 0.0680. The summed E-state index contributed by atoms with van der Waals surface area (Å²) in [5.41, 5.74) is 1.19. The van der Waals surface area contributed by atoms with Gasteiger partial charge < -0.3 is 16.0 Å². The maximum atomic E-state index is 14.1. The molecule has 0 unspecified atom stereocenters. The van der Waals surface area contributed by atoms with Crippen LogP contribution in [0, 0.1) is 22.6 Å². The van der Waals surface area contributed by atoms with Crippen LogP contribution in [-0.2, 0) is 16.1 Å². The fraction of sp³-hybridized carbons (Fsp3) is 0.346. The van der Waals surface area contributed by atoms with Crippen molar-refractivity contribution in [2.24, 2.45) is 5.41 Å². The van der Waals surface area contributed by atoms with E-state index in [2.05, 4.69) is 27.1 Å². The van der Waals surface area contributed by atoms with Crippen molar-refractivity contribution < 1.29 is 18.8 Å². The largest absolute Gasteiger partial charge is 0.354 e. The van der Waals surface area contributed by atoms with Gasteiger partial charge in [0.1, 0.15) is 11.9 Å². The van der Waals surface area contributed by atoms with Gasteiger partial charge in [-0.25, -0.2) is 4.39 Å². The van der Waals surface area contributed by atoms with Gasteiger partial charge in [0.25, 0.3) is 5.91 Å². The highest BCUT2D eigenvalue weighted by atomic mass is 19.1. The Bertz CT molecular complexity index is 1370. The van der Waals surface area contributed by atoms with Crippen LogP contribution in [0.4, 0.5) is 4.39 Å². The van der Waals surface area contributed by atoms with E-state index in [1.165, 1.54) is 22.9 Å². The Labute approximate surface area is 207 Å². The molecule has 10 heteroatoms. The standard InChI is InChI=1S/C26H27FN6O3/c1-26(2,3)23(25(36)30-18-11-21(34)29-13-18)31-24(35)22-19-9-8-17(27)10-20(19)33(32-22)14-16-6-4-15(12-28)5-7-16/h4-10,18,23H,11,13-14H2,1-3H3,(H,29,34)(H,30,36)(H,31,35)/t18-,23-/m1/s1. The summed E-state index contributed by atoms with van der Waals surface area (Å²) in [6.07, 6.45) is 0.187. The lowest BCUT2D eigenvalue weighted by molar-refractivity contribution is -0.126. The Morgan fingerprint density at radius 1 is 1.25 bits per heavy atom. The van der Waals surface area contributed by atoms with Gasteiger partial charge in [0.05, 0.1) is 29.7 Å². The number of aromatic nitrogens is 2. The van der Waals surface area contributed by atoms with Crippen LogP contribution in [0.3, 0.4) is 0 Å². The number of hydrogen-bond donors (Lipinski definition) is 3. The molecule has 3 amide bonds. The molecule has 0 radical (unpaired) electrons. The van der Waals surface area contributed by atoms with Gasteiger partial charge in [0.15, 0.2) is 5.69 Å². The molecule has 3 aromatic rings. The smallest absolute Gasteiger partial charge is 0.273 e. The molecule has 1 saturated heterocycles. The lowest BCUT2D eigenvalue weighted by Gasteiger charge is -2.31. The highest BCUT2D eigenvalue weighted by Crippen LogP contribution is 2.24. The van der Waals surface area contributed by atoms with E-state index < -0.39 is 29.1 Å². The molecule has 4 rings (SSSR count). The first kappa shape index (κ1) is 24.9. The zero-order valence-corrected chi connectivity index (χ0v) is 20.3. The van der Waals surface area contributed by atoms with Crippen LogP contribution in [0.25, 0.3) is 10.9 Å². The number of nitriles is 1. The third kappa shape index (κ3) is 5.35. The van der Waals surface area contributed by atoms with E-state index in [0.29, 0.717) is 23.0 Å². The molecule has 0 bridgehead atoms. The summed E-state index contributed by atoms with van der Waals surface area (Å²) in [6.45, 7) is 6.07. The number of amides is 3. The molecule has 1 aromatic heterocycles. The maximum Gasteiger partial charge on any atom is 0.273 e. The van der Waals surface area contributed by atoms with Crippen LogP contribution in [0.1, 0.15) is 48.8 Å². The molecular formula is C26H27FN6O3. The second-order valence-corrected chi connectivity index (χ2v) is 9.96. The number of nitrogens with zero attached hydrogens (tertiary/aromatic N) is 3. The number of nitrogens with one attached hydrogen (secondary N) is 3. The van der Waals surface area contributed by atoms with Crippen molar-refractivity contribution in [2.45, 2.75) is 45.8 Å². The number of carbonyl (C=O) groups is 3. The van der Waals surface area contributed by atoms with Crippen molar-refractivity contribution in [1.82, 2.24) is 25.7 Å². The van der Waals surface area contributed by atoms with E-state index in [-0.39, 0.29) is 30.6 Å². The van der Waals surface area contributed by atoms with Crippen LogP contribution in [0.15, 0.2) is 42.5 Å². The normalized spacial score (nSPS) is 16.3. The summed E-state index contributed by atoms with van der Waals surface area (Å²) in [5.74, 6) is -1.57. The number of benzene rings is 2. The monoisotopic (exact) mass is 490 g/mol. The molecule has 2 aromatic carbocycles. The molecule has 36 heavy (non-hydrogen) atoms. The minimum atomic E-state index is -0.903. The van der Waals surface area contributed by atoms with E-state index in [1.54, 1.807) is 24.3 Å². The van der Waals surface area contributed by atoms with Gasteiger partial charge in [-0.1, -0.05) is 32.9 Å². The van der Waals surface area contributed by atoms with Gasteiger partial charge in [0, 0.05) is 18.4 Å². The first-order valence-electron chi connectivity index (χ1n) is 11.6. The molecular weight excluding hydrogens is 463 g/mol. The maximum absolute atomic E-state index is 14.1. The Hall–Kier alpha value is -4.26. The van der Waals surface area contributed by atoms with Crippen molar-refractivity contribution in [1.29, 1.82) is 5.26 Å². The number of rotatable bonds is 6. The highest BCUT2D eigenvalue weighted by molar-refractivity contribution is 6.06. The summed E-state index contributed by atoms with van der Waals surface area (Å²) in [4.78, 5) is 37.9. The molecule has 3 N–H and O–H groups in total. The predicted octanol–water partition coefficient (Wildman–Crippen LogP) is 2.24. The quantitative estimate of drug-likeness (QED) is 0.488. The van der Waals surface area contributed by atoms with Crippen molar-refractivity contribution in [3.8, 4) is 6.07 Å². The lowest BCUT2D eigenvalue weighted by atomic mass is 9.85. The Kier molecular flexibility index (Phi) is 6.75. The Morgan fingerprint density at radius 3 is 2.58 bits per heavy atom. The highest BCUT2D eigenvalue weighted by Gasteiger charge is 2.36. The van der Waals surface area contributed by atoms with Crippen LogP contribution in [0.5, 0.6) is 0 Å². The van der Waals surface area contributed by atoms with Crippen molar-refractivity contribution >= 4 is 28.6 Å². The number of carbonyl (C=O) groups excluding carboxylic acids is 3. The van der Waals surface area contributed by atoms with Gasteiger partial charge in [-0.3, -0.25) is 19.1 Å². The molecule has 186 valence electrons. The third-order valence-electron chi connectivity index (χ3n) is 6.07. The second kappa shape index (κ2) is 9.77. The van der Waals surface area contributed by atoms with Crippen LogP contribution in [-0.4, -0.2) is 46.1 Å². The number of halogens is 1. The van der Waals surface area contributed by atoms with Crippen molar-refractivity contribution in [3.63, 3.8) is 0 Å². The molecule has 0 saturated carbocycles. The van der Waals surface area contributed by atoms with Crippen LogP contribution in [0.2, 0.25) is 0 Å². The van der Waals surface area contributed by atoms with Gasteiger partial charge >= 0.3 is 0 Å². The minimum Gasteiger partial charge on any atom is -0.354 e. The van der Waals surface area contributed by atoms with E-state index in [9.17, 15) is 18.8 Å². The zero-order chi connectivity index (χ0) is 26.0. The first-order chi connectivity index (χ1) is 17.0. The van der Waals surface area contributed by atoms with Crippen LogP contribution < -0.4 is 16.0 Å². The second-order valence-electron chi connectivity index (χ2n) is 9.96. The van der Waals surface area contributed by atoms with Gasteiger partial charge in [-0.2, -0.15) is 10.4 Å². The average Bonchev–Trinajstić information content (AvgIpc) is 3.39. The van der Waals surface area contributed by atoms with Gasteiger partial charge in [-0.15, -0.1) is 0 Å². The summed E-state index contributed by atoms with van der Waals surface area (Å²) in [6, 6.07) is 11.8. The molecule has 0 aliphatic carbocycles. The molecule has 9 nitrogen and oxygen atoms in total. The van der Waals surface area contributed by atoms with Crippen molar-refractivity contribution in [2.75, 3.05) is 6.54 Å². The van der Waals surface area contributed by atoms with Crippen LogP contribution >= 0.6 is 0 Å². The fourth-order valence-electron chi connectivity index (χ4n) is 4.16. The van der Waals surface area contributed by atoms with E-state index in [1.807, 2.05) is 20.8 Å². The lowest BCUT2D eigenvalue weighted by Crippen LogP contribution is -2.55. The number of hydrogen-bond acceptors (Lipinski definition) is 5. The molecule has 1 aliphatic heterocycles. The van der Waals surface area contributed by atoms with Gasteiger partial charge in [0.2, 0.25) is 11.8 Å². The predicted molar refractivity (Wildman–Crippen MR) is 130 cm³/mol. The first-order valence-corrected chi connectivity index (χ1v) is 11.6. The van der Waals surface area contributed by atoms with E-state index in [4.69, 9.17) is 5.26 Å². The molecule has 0 spiro atoms. The van der Waals surface area contributed by atoms with Crippen molar-refractivity contribution in [3.05, 3.63) is 65.1 Å². The molecule has 2 atom stereocenters. The molecule has 2 heterocycles. The SMILES string of the molecule is CC(C)(C)[C@H](NC(=O)c1nn(Cc2ccc(C#N)cc2)c2cc(F)ccc12)C(=O)N[C@H]1CNC(=O)C1. The molecule has 1 fully saturated rings. The Balaban J connectivity index is 1.61. The summed E-state index contributed by atoms with van der Waals surface area (Å²) >= 11 is 0. The number of fused-ring (bicyclic) bond motifs is 1. The summed E-state index contributed by atoms with van der Waals surface area (Å²) in [5, 5.41) is 22.2. The van der Waals surface area contributed by atoms with Gasteiger partial charge in [-0.05, 0) is 41.3 Å². The molecule has 1 aliphatic rings. The summed E-state index contributed by atoms with van der Waals surface area (Å²) < 4.78 is 15.6. The average molecular weight is 491 g/mol. The summed E-state index contributed by atoms with van der Waals surface area (Å²) in [7, 11) is 0. The fourth-order valence-corrected chi connectivity index (χ4v) is 4.16. The third-order valence-corrected chi connectivity index (χ3v) is 6.07. The zero-order valence-electron chi connectivity index (χ0n) is 20.3.